The number of imide groups is 1. The number of carbonyl (C=O) groups excluding carboxylic acids is 2. The van der Waals surface area contributed by atoms with Crippen molar-refractivity contribution < 1.29 is 19.4 Å². The number of carbonyl (C=O) groups is 2. The van der Waals surface area contributed by atoms with E-state index in [1.807, 2.05) is 36.4 Å². The van der Waals surface area contributed by atoms with E-state index in [1.165, 1.54) is 4.90 Å². The number of aliphatic hydroxyl groups is 1. The minimum absolute atomic E-state index is 0.244. The Balaban J connectivity index is 1.67. The summed E-state index contributed by atoms with van der Waals surface area (Å²) in [5.41, 5.74) is -0.452. The van der Waals surface area contributed by atoms with Crippen molar-refractivity contribution in [3.63, 3.8) is 0 Å². The van der Waals surface area contributed by atoms with Gasteiger partial charge in [-0.3, -0.25) is 9.59 Å². The van der Waals surface area contributed by atoms with Crippen molar-refractivity contribution in [3.05, 3.63) is 54.6 Å². The first kappa shape index (κ1) is 13.9. The highest BCUT2D eigenvalue weighted by molar-refractivity contribution is 6.26. The van der Waals surface area contributed by atoms with Gasteiger partial charge in [0, 0.05) is 5.39 Å². The van der Waals surface area contributed by atoms with Crippen LogP contribution >= 0.6 is 0 Å². The Kier molecular flexibility index (Phi) is 2.62. The minimum Gasteiger partial charge on any atom is -0.393 e. The van der Waals surface area contributed by atoms with Crippen LogP contribution in [0.3, 0.4) is 0 Å². The highest BCUT2D eigenvalue weighted by Gasteiger charge is 2.67. The van der Waals surface area contributed by atoms with Crippen LogP contribution in [0.4, 0.5) is 5.69 Å². The number of nitrogens with zero attached hydrogens (tertiary/aromatic N) is 1. The minimum atomic E-state index is -1.05. The predicted molar refractivity (Wildman–Crippen MR) is 87.3 cm³/mol. The summed E-state index contributed by atoms with van der Waals surface area (Å²) in [7, 11) is 0. The number of rotatable bonds is 2. The van der Waals surface area contributed by atoms with Crippen LogP contribution in [0, 0.1) is 11.8 Å². The molecule has 24 heavy (non-hydrogen) atoms. The molecule has 1 N–H and O–H groups in total. The molecule has 0 aliphatic carbocycles. The standard InChI is InChI=1S/C19H15NO4/c21-10-19-9-8-14(24-19)15-16(19)18(23)20(17(15)22)13-7-3-5-11-4-1-2-6-12(11)13/h1-9,14-16,21H,10H2/t14-,15-,16-,19+/m1/s1. The maximum Gasteiger partial charge on any atom is 0.241 e. The number of anilines is 1. The maximum atomic E-state index is 13.1. The van der Waals surface area contributed by atoms with E-state index >= 15 is 0 Å². The van der Waals surface area contributed by atoms with Gasteiger partial charge in [-0.05, 0) is 11.5 Å². The SMILES string of the molecule is O=C1[C@@H]2[C@H]3C=C[C@@](CO)(O3)[C@H]2C(=O)N1c1cccc2ccccc12. The van der Waals surface area contributed by atoms with Crippen LogP contribution in [0.25, 0.3) is 10.8 Å². The quantitative estimate of drug-likeness (QED) is 0.674. The molecule has 5 heteroatoms. The Labute approximate surface area is 138 Å². The number of benzene rings is 2. The Bertz CT molecular complexity index is 915. The van der Waals surface area contributed by atoms with Crippen molar-refractivity contribution in [1.29, 1.82) is 0 Å². The van der Waals surface area contributed by atoms with Gasteiger partial charge in [-0.1, -0.05) is 48.6 Å². The molecule has 2 saturated heterocycles. The summed E-state index contributed by atoms with van der Waals surface area (Å²) in [6.45, 7) is -0.302. The third-order valence-corrected chi connectivity index (χ3v) is 5.41. The highest BCUT2D eigenvalue weighted by Crippen LogP contribution is 2.52. The first-order chi connectivity index (χ1) is 11.7. The molecule has 2 fully saturated rings. The van der Waals surface area contributed by atoms with Crippen LogP contribution in [-0.4, -0.2) is 35.2 Å². The molecule has 2 aromatic rings. The van der Waals surface area contributed by atoms with Gasteiger partial charge in [-0.25, -0.2) is 4.90 Å². The predicted octanol–water partition coefficient (Wildman–Crippen LogP) is 1.65. The lowest BCUT2D eigenvalue weighted by molar-refractivity contribution is -0.128. The molecule has 5 rings (SSSR count). The van der Waals surface area contributed by atoms with Gasteiger partial charge in [0.25, 0.3) is 0 Å². The fourth-order valence-electron chi connectivity index (χ4n) is 4.32. The van der Waals surface area contributed by atoms with E-state index in [0.717, 1.165) is 10.8 Å². The van der Waals surface area contributed by atoms with Crippen LogP contribution in [0.5, 0.6) is 0 Å². The zero-order valence-electron chi connectivity index (χ0n) is 12.8. The smallest absolute Gasteiger partial charge is 0.241 e. The van der Waals surface area contributed by atoms with Gasteiger partial charge in [-0.2, -0.15) is 0 Å². The van der Waals surface area contributed by atoms with E-state index in [-0.39, 0.29) is 18.4 Å². The first-order valence-corrected chi connectivity index (χ1v) is 8.00. The van der Waals surface area contributed by atoms with E-state index in [9.17, 15) is 14.7 Å². The van der Waals surface area contributed by atoms with Gasteiger partial charge in [0.1, 0.15) is 5.60 Å². The Morgan fingerprint density at radius 1 is 1.08 bits per heavy atom. The third-order valence-electron chi connectivity index (χ3n) is 5.41. The molecule has 0 spiro atoms. The highest BCUT2D eigenvalue weighted by atomic mass is 16.5. The topological polar surface area (TPSA) is 66.8 Å². The molecular weight excluding hydrogens is 306 g/mol. The van der Waals surface area contributed by atoms with E-state index in [2.05, 4.69) is 0 Å². The van der Waals surface area contributed by atoms with Gasteiger partial charge in [-0.15, -0.1) is 0 Å². The van der Waals surface area contributed by atoms with Crippen molar-refractivity contribution in [2.24, 2.45) is 11.8 Å². The second-order valence-corrected chi connectivity index (χ2v) is 6.57. The summed E-state index contributed by atoms with van der Waals surface area (Å²) < 4.78 is 5.76. The molecule has 120 valence electrons. The van der Waals surface area contributed by atoms with Crippen LogP contribution in [0.15, 0.2) is 54.6 Å². The molecule has 2 bridgehead atoms. The van der Waals surface area contributed by atoms with Crippen LogP contribution in [-0.2, 0) is 14.3 Å². The number of aliphatic hydroxyl groups excluding tert-OH is 1. The average molecular weight is 321 g/mol. The molecule has 0 aromatic heterocycles. The lowest BCUT2D eigenvalue weighted by Crippen LogP contribution is -2.43. The van der Waals surface area contributed by atoms with E-state index in [0.29, 0.717) is 5.69 Å². The lowest BCUT2D eigenvalue weighted by Gasteiger charge is -2.26. The second-order valence-electron chi connectivity index (χ2n) is 6.57. The molecule has 2 amide bonds. The van der Waals surface area contributed by atoms with Gasteiger partial charge in [0.05, 0.1) is 30.2 Å². The molecular formula is C19H15NO4. The fraction of sp³-hybridized carbons (Fsp3) is 0.263. The summed E-state index contributed by atoms with van der Waals surface area (Å²) in [4.78, 5) is 27.4. The summed E-state index contributed by atoms with van der Waals surface area (Å²) in [5, 5.41) is 11.6. The van der Waals surface area contributed by atoms with Crippen LogP contribution in [0.1, 0.15) is 0 Å². The summed E-state index contributed by atoms with van der Waals surface area (Å²) in [6.07, 6.45) is 3.09. The van der Waals surface area contributed by atoms with Crippen molar-refractivity contribution in [1.82, 2.24) is 0 Å². The van der Waals surface area contributed by atoms with Gasteiger partial charge in [0.15, 0.2) is 0 Å². The largest absolute Gasteiger partial charge is 0.393 e. The zero-order valence-corrected chi connectivity index (χ0v) is 12.8. The number of hydrogen-bond donors (Lipinski definition) is 1. The summed E-state index contributed by atoms with van der Waals surface area (Å²) in [6, 6.07) is 13.3. The Morgan fingerprint density at radius 3 is 2.71 bits per heavy atom. The molecule has 3 aliphatic heterocycles. The molecule has 0 saturated carbocycles. The summed E-state index contributed by atoms with van der Waals surface area (Å²) in [5.74, 6) is -1.73. The van der Waals surface area contributed by atoms with Crippen molar-refractivity contribution in [2.75, 3.05) is 11.5 Å². The fourth-order valence-corrected chi connectivity index (χ4v) is 4.32. The molecule has 3 heterocycles. The van der Waals surface area contributed by atoms with Crippen molar-refractivity contribution >= 4 is 28.3 Å². The van der Waals surface area contributed by atoms with Crippen LogP contribution < -0.4 is 4.90 Å². The van der Waals surface area contributed by atoms with Crippen molar-refractivity contribution in [3.8, 4) is 0 Å². The Hall–Kier alpha value is -2.50. The maximum absolute atomic E-state index is 13.1. The monoisotopic (exact) mass is 321 g/mol. The second kappa shape index (κ2) is 4.53. The molecule has 3 aliphatic rings. The van der Waals surface area contributed by atoms with Gasteiger partial charge >= 0.3 is 0 Å². The molecule has 2 aromatic carbocycles. The third kappa shape index (κ3) is 1.51. The van der Waals surface area contributed by atoms with Crippen LogP contribution in [0.2, 0.25) is 0 Å². The van der Waals surface area contributed by atoms with E-state index < -0.39 is 23.5 Å². The molecule has 0 unspecified atom stereocenters. The number of ether oxygens (including phenoxy) is 1. The lowest BCUT2D eigenvalue weighted by atomic mass is 9.77. The Morgan fingerprint density at radius 2 is 1.88 bits per heavy atom. The molecule has 4 atom stereocenters. The van der Waals surface area contributed by atoms with Gasteiger partial charge < -0.3 is 9.84 Å². The number of amides is 2. The van der Waals surface area contributed by atoms with Gasteiger partial charge in [0.2, 0.25) is 11.8 Å². The first-order valence-electron chi connectivity index (χ1n) is 8.00. The number of hydrogen-bond acceptors (Lipinski definition) is 4. The molecule has 5 nitrogen and oxygen atoms in total. The number of fused-ring (bicyclic) bond motifs is 6. The van der Waals surface area contributed by atoms with Crippen molar-refractivity contribution in [2.45, 2.75) is 11.7 Å². The normalized spacial score (nSPS) is 33.7. The van der Waals surface area contributed by atoms with E-state index in [1.54, 1.807) is 18.2 Å². The average Bonchev–Trinajstić information content (AvgIpc) is 3.26. The summed E-state index contributed by atoms with van der Waals surface area (Å²) >= 11 is 0. The van der Waals surface area contributed by atoms with E-state index in [4.69, 9.17) is 4.74 Å². The zero-order chi connectivity index (χ0) is 16.5. The molecule has 0 radical (unpaired) electrons.